The maximum absolute atomic E-state index is 12.4. The Balaban J connectivity index is 2.70. The summed E-state index contributed by atoms with van der Waals surface area (Å²) in [7, 11) is 0. The lowest BCUT2D eigenvalue weighted by atomic mass is 10.1. The SMILES string of the molecule is CC(C)(C)OC(=O)Nc1ccc([C@H](N)C(F)(F)F)cc1. The van der Waals surface area contributed by atoms with E-state index in [2.05, 4.69) is 5.32 Å². The van der Waals surface area contributed by atoms with Crippen molar-refractivity contribution < 1.29 is 22.7 Å². The number of nitrogens with one attached hydrogen (secondary N) is 1. The molecular weight excluding hydrogens is 273 g/mol. The summed E-state index contributed by atoms with van der Waals surface area (Å²) < 4.78 is 42.3. The Morgan fingerprint density at radius 2 is 1.70 bits per heavy atom. The number of nitrogens with two attached hydrogens (primary N) is 1. The topological polar surface area (TPSA) is 64.3 Å². The van der Waals surface area contributed by atoms with E-state index in [0.717, 1.165) is 0 Å². The molecule has 1 amide bonds. The molecule has 4 nitrogen and oxygen atoms in total. The third kappa shape index (κ3) is 5.08. The zero-order valence-electron chi connectivity index (χ0n) is 11.4. The van der Waals surface area contributed by atoms with Gasteiger partial charge in [0.2, 0.25) is 0 Å². The second kappa shape index (κ2) is 5.70. The van der Waals surface area contributed by atoms with Crippen molar-refractivity contribution in [2.45, 2.75) is 38.6 Å². The fraction of sp³-hybridized carbons (Fsp3) is 0.462. The van der Waals surface area contributed by atoms with Crippen molar-refractivity contribution in [3.8, 4) is 0 Å². The van der Waals surface area contributed by atoms with Gasteiger partial charge in [-0.2, -0.15) is 13.2 Å². The third-order valence-corrected chi connectivity index (χ3v) is 2.27. The van der Waals surface area contributed by atoms with Crippen molar-refractivity contribution in [2.75, 3.05) is 5.32 Å². The van der Waals surface area contributed by atoms with Gasteiger partial charge in [-0.3, -0.25) is 5.32 Å². The van der Waals surface area contributed by atoms with Gasteiger partial charge in [-0.05, 0) is 38.5 Å². The number of hydrogen-bond donors (Lipinski definition) is 2. The van der Waals surface area contributed by atoms with Crippen molar-refractivity contribution in [1.82, 2.24) is 0 Å². The molecule has 20 heavy (non-hydrogen) atoms. The van der Waals surface area contributed by atoms with Gasteiger partial charge in [0.25, 0.3) is 0 Å². The number of anilines is 1. The van der Waals surface area contributed by atoms with Crippen LogP contribution in [0, 0.1) is 0 Å². The van der Waals surface area contributed by atoms with Gasteiger partial charge in [0, 0.05) is 5.69 Å². The van der Waals surface area contributed by atoms with Crippen LogP contribution in [0.2, 0.25) is 0 Å². The van der Waals surface area contributed by atoms with Crippen molar-refractivity contribution in [1.29, 1.82) is 0 Å². The van der Waals surface area contributed by atoms with E-state index in [0.29, 0.717) is 5.69 Å². The standard InChI is InChI=1S/C13H17F3N2O2/c1-12(2,3)20-11(19)18-9-6-4-8(5-7-9)10(17)13(14,15)16/h4-7,10H,17H2,1-3H3,(H,18,19)/t10-/m0/s1. The van der Waals surface area contributed by atoms with Gasteiger partial charge in [0.1, 0.15) is 11.6 Å². The highest BCUT2D eigenvalue weighted by Crippen LogP contribution is 2.30. The van der Waals surface area contributed by atoms with Crippen LogP contribution in [0.3, 0.4) is 0 Å². The Morgan fingerprint density at radius 1 is 1.20 bits per heavy atom. The van der Waals surface area contributed by atoms with E-state index in [-0.39, 0.29) is 5.56 Å². The van der Waals surface area contributed by atoms with Gasteiger partial charge in [-0.15, -0.1) is 0 Å². The van der Waals surface area contributed by atoms with Gasteiger partial charge in [0.15, 0.2) is 0 Å². The van der Waals surface area contributed by atoms with Crippen molar-refractivity contribution in [3.63, 3.8) is 0 Å². The smallest absolute Gasteiger partial charge is 0.412 e. The highest BCUT2D eigenvalue weighted by molar-refractivity contribution is 5.84. The molecule has 0 unspecified atom stereocenters. The fourth-order valence-electron chi connectivity index (χ4n) is 1.38. The fourth-order valence-corrected chi connectivity index (χ4v) is 1.38. The van der Waals surface area contributed by atoms with Gasteiger partial charge >= 0.3 is 12.3 Å². The third-order valence-electron chi connectivity index (χ3n) is 2.27. The van der Waals surface area contributed by atoms with Crippen LogP contribution < -0.4 is 11.1 Å². The number of alkyl halides is 3. The predicted octanol–water partition coefficient (Wildman–Crippen LogP) is 3.60. The maximum Gasteiger partial charge on any atom is 0.412 e. The predicted molar refractivity (Wildman–Crippen MR) is 69.3 cm³/mol. The van der Waals surface area contributed by atoms with Crippen LogP contribution in [0.5, 0.6) is 0 Å². The zero-order valence-corrected chi connectivity index (χ0v) is 11.4. The minimum Gasteiger partial charge on any atom is -0.444 e. The second-order valence-corrected chi connectivity index (χ2v) is 5.27. The number of amides is 1. The summed E-state index contributed by atoms with van der Waals surface area (Å²) in [6, 6.07) is 3.06. The van der Waals surface area contributed by atoms with Crippen LogP contribution in [-0.2, 0) is 4.74 Å². The Hall–Kier alpha value is -1.76. The Morgan fingerprint density at radius 3 is 2.10 bits per heavy atom. The molecule has 112 valence electrons. The molecule has 0 aromatic heterocycles. The van der Waals surface area contributed by atoms with Gasteiger partial charge in [-0.1, -0.05) is 12.1 Å². The van der Waals surface area contributed by atoms with Gasteiger partial charge < -0.3 is 10.5 Å². The monoisotopic (exact) mass is 290 g/mol. The highest BCUT2D eigenvalue weighted by Gasteiger charge is 2.37. The molecule has 0 heterocycles. The average molecular weight is 290 g/mol. The maximum atomic E-state index is 12.4. The van der Waals surface area contributed by atoms with Crippen LogP contribution in [0.25, 0.3) is 0 Å². The Labute approximate surface area is 115 Å². The Kier molecular flexibility index (Phi) is 4.65. The lowest BCUT2D eigenvalue weighted by molar-refractivity contribution is -0.149. The molecule has 0 saturated heterocycles. The molecular formula is C13H17F3N2O2. The summed E-state index contributed by atoms with van der Waals surface area (Å²) in [6.45, 7) is 5.12. The second-order valence-electron chi connectivity index (χ2n) is 5.27. The van der Waals surface area contributed by atoms with Gasteiger partial charge in [0.05, 0.1) is 0 Å². The molecule has 0 bridgehead atoms. The minimum atomic E-state index is -4.50. The van der Waals surface area contributed by atoms with E-state index in [1.807, 2.05) is 0 Å². The molecule has 0 radical (unpaired) electrons. The van der Waals surface area contributed by atoms with Crippen LogP contribution in [0.1, 0.15) is 32.4 Å². The quantitative estimate of drug-likeness (QED) is 0.874. The van der Waals surface area contributed by atoms with Gasteiger partial charge in [-0.25, -0.2) is 4.79 Å². The number of carbonyl (C=O) groups excluding carboxylic acids is 1. The zero-order chi connectivity index (χ0) is 15.6. The molecule has 1 aromatic rings. The van der Waals surface area contributed by atoms with E-state index < -0.39 is 23.9 Å². The van der Waals surface area contributed by atoms with Crippen LogP contribution in [0.15, 0.2) is 24.3 Å². The lowest BCUT2D eigenvalue weighted by Crippen LogP contribution is -2.28. The first-order chi connectivity index (χ1) is 8.99. The summed E-state index contributed by atoms with van der Waals surface area (Å²) in [5.74, 6) is 0. The van der Waals surface area contributed by atoms with E-state index in [4.69, 9.17) is 10.5 Å². The van der Waals surface area contributed by atoms with Crippen LogP contribution in [-0.4, -0.2) is 17.9 Å². The molecule has 0 spiro atoms. The summed E-state index contributed by atoms with van der Waals surface area (Å²) in [4.78, 5) is 11.5. The molecule has 7 heteroatoms. The van der Waals surface area contributed by atoms with E-state index in [1.54, 1.807) is 20.8 Å². The first-order valence-electron chi connectivity index (χ1n) is 5.91. The average Bonchev–Trinajstić information content (AvgIpc) is 2.25. The minimum absolute atomic E-state index is 0.0766. The number of halogens is 3. The first-order valence-corrected chi connectivity index (χ1v) is 5.91. The summed E-state index contributed by atoms with van der Waals surface area (Å²) in [5.41, 5.74) is 4.67. The normalized spacial score (nSPS) is 13.8. The molecule has 0 fully saturated rings. The highest BCUT2D eigenvalue weighted by atomic mass is 19.4. The number of benzene rings is 1. The van der Waals surface area contributed by atoms with E-state index in [9.17, 15) is 18.0 Å². The van der Waals surface area contributed by atoms with Crippen molar-refractivity contribution in [3.05, 3.63) is 29.8 Å². The van der Waals surface area contributed by atoms with E-state index >= 15 is 0 Å². The summed E-state index contributed by atoms with van der Waals surface area (Å²) >= 11 is 0. The molecule has 1 aromatic carbocycles. The molecule has 0 aliphatic carbocycles. The van der Waals surface area contributed by atoms with Crippen LogP contribution >= 0.6 is 0 Å². The van der Waals surface area contributed by atoms with Crippen LogP contribution in [0.4, 0.5) is 23.7 Å². The molecule has 1 atom stereocenters. The molecule has 0 aliphatic heterocycles. The summed E-state index contributed by atoms with van der Waals surface area (Å²) in [6.07, 6.45) is -5.18. The van der Waals surface area contributed by atoms with Crippen molar-refractivity contribution in [2.24, 2.45) is 5.73 Å². The number of rotatable bonds is 2. The first kappa shape index (κ1) is 16.3. The van der Waals surface area contributed by atoms with E-state index in [1.165, 1.54) is 24.3 Å². The summed E-state index contributed by atoms with van der Waals surface area (Å²) in [5, 5.41) is 2.42. The molecule has 0 saturated carbocycles. The van der Waals surface area contributed by atoms with Crippen molar-refractivity contribution >= 4 is 11.8 Å². The largest absolute Gasteiger partial charge is 0.444 e. The lowest BCUT2D eigenvalue weighted by Gasteiger charge is -2.20. The number of carbonyl (C=O) groups is 1. The molecule has 0 aliphatic rings. The molecule has 1 rings (SSSR count). The molecule has 3 N–H and O–H groups in total. The number of ether oxygens (including phenoxy) is 1. The Bertz CT molecular complexity index is 464. The number of hydrogen-bond acceptors (Lipinski definition) is 3.